The molecular weight excluding hydrogens is 240 g/mol. The maximum atomic E-state index is 12.5. The van der Waals surface area contributed by atoms with Gasteiger partial charge in [0.15, 0.2) is 5.78 Å². The molecule has 1 aromatic carbocycles. The summed E-state index contributed by atoms with van der Waals surface area (Å²) >= 11 is 0. The number of ether oxygens (including phenoxy) is 1. The minimum Gasteiger partial charge on any atom is -0.497 e. The van der Waals surface area contributed by atoms with Gasteiger partial charge in [-0.3, -0.25) is 4.79 Å². The summed E-state index contributed by atoms with van der Waals surface area (Å²) in [4.78, 5) is 16.5. The molecule has 0 aliphatic heterocycles. The van der Waals surface area contributed by atoms with Crippen molar-refractivity contribution < 1.29 is 9.53 Å². The zero-order valence-electron chi connectivity index (χ0n) is 10.9. The summed E-state index contributed by atoms with van der Waals surface area (Å²) in [6.07, 6.45) is 7.24. The van der Waals surface area contributed by atoms with Crippen LogP contribution in [0, 0.1) is 5.92 Å². The minimum absolute atomic E-state index is 0.0359. The Morgan fingerprint density at radius 1 is 1.47 bits per heavy atom. The Kier molecular flexibility index (Phi) is 3.07. The molecule has 98 valence electrons. The van der Waals surface area contributed by atoms with E-state index in [0.717, 1.165) is 29.7 Å². The molecule has 0 N–H and O–H groups in total. The van der Waals surface area contributed by atoms with E-state index in [9.17, 15) is 4.79 Å². The van der Waals surface area contributed by atoms with Crippen molar-refractivity contribution >= 4 is 5.78 Å². The van der Waals surface area contributed by atoms with Crippen LogP contribution in [0.1, 0.15) is 22.3 Å². The van der Waals surface area contributed by atoms with Gasteiger partial charge in [-0.2, -0.15) is 0 Å². The SMILES string of the molecule is COc1ccc2c(c1)C(=O)C(Cn1ccnc1)CC2. The van der Waals surface area contributed by atoms with Crippen LogP contribution in [-0.2, 0) is 13.0 Å². The minimum atomic E-state index is 0.0359. The highest BCUT2D eigenvalue weighted by Gasteiger charge is 2.27. The van der Waals surface area contributed by atoms with Gasteiger partial charge in [-0.25, -0.2) is 4.98 Å². The van der Waals surface area contributed by atoms with Crippen molar-refractivity contribution in [1.29, 1.82) is 0 Å². The molecular formula is C15H16N2O2. The van der Waals surface area contributed by atoms with Crippen LogP contribution in [0.4, 0.5) is 0 Å². The molecule has 1 atom stereocenters. The van der Waals surface area contributed by atoms with Gasteiger partial charge < -0.3 is 9.30 Å². The van der Waals surface area contributed by atoms with E-state index in [1.54, 1.807) is 19.6 Å². The Morgan fingerprint density at radius 3 is 3.11 bits per heavy atom. The first-order valence-electron chi connectivity index (χ1n) is 6.45. The van der Waals surface area contributed by atoms with E-state index in [1.165, 1.54) is 0 Å². The number of aryl methyl sites for hydroxylation is 1. The van der Waals surface area contributed by atoms with E-state index in [2.05, 4.69) is 4.98 Å². The molecule has 1 aliphatic rings. The molecule has 19 heavy (non-hydrogen) atoms. The van der Waals surface area contributed by atoms with Crippen LogP contribution < -0.4 is 4.74 Å². The Balaban J connectivity index is 1.86. The number of fused-ring (bicyclic) bond motifs is 1. The standard InChI is InChI=1S/C15H16N2O2/c1-19-13-5-4-11-2-3-12(15(18)14(11)8-13)9-17-7-6-16-10-17/h4-8,10,12H,2-3,9H2,1H3. The van der Waals surface area contributed by atoms with Crippen LogP contribution in [0.25, 0.3) is 0 Å². The molecule has 0 fully saturated rings. The number of Topliss-reactive ketones (excluding diaryl/α,β-unsaturated/α-hetero) is 1. The summed E-state index contributed by atoms with van der Waals surface area (Å²) in [6.45, 7) is 0.704. The lowest BCUT2D eigenvalue weighted by Gasteiger charge is -2.23. The fraction of sp³-hybridized carbons (Fsp3) is 0.333. The van der Waals surface area contributed by atoms with Gasteiger partial charge >= 0.3 is 0 Å². The van der Waals surface area contributed by atoms with Crippen LogP contribution >= 0.6 is 0 Å². The summed E-state index contributed by atoms with van der Waals surface area (Å²) in [5, 5.41) is 0. The molecule has 0 bridgehead atoms. The molecule has 1 heterocycles. The lowest BCUT2D eigenvalue weighted by Crippen LogP contribution is -2.26. The maximum absolute atomic E-state index is 12.5. The Labute approximate surface area is 112 Å². The third-order valence-corrected chi connectivity index (χ3v) is 3.71. The van der Waals surface area contributed by atoms with E-state index in [0.29, 0.717) is 6.54 Å². The zero-order valence-corrected chi connectivity index (χ0v) is 10.9. The van der Waals surface area contributed by atoms with E-state index >= 15 is 0 Å². The summed E-state index contributed by atoms with van der Waals surface area (Å²) in [7, 11) is 1.62. The highest BCUT2D eigenvalue weighted by atomic mass is 16.5. The predicted octanol–water partition coefficient (Wildman–Crippen LogP) is 2.34. The number of hydrogen-bond donors (Lipinski definition) is 0. The predicted molar refractivity (Wildman–Crippen MR) is 71.4 cm³/mol. The molecule has 4 nitrogen and oxygen atoms in total. The van der Waals surface area contributed by atoms with Gasteiger partial charge in [0.2, 0.25) is 0 Å². The topological polar surface area (TPSA) is 44.1 Å². The zero-order chi connectivity index (χ0) is 13.2. The summed E-state index contributed by atoms with van der Waals surface area (Å²) in [5.41, 5.74) is 1.95. The molecule has 0 saturated heterocycles. The number of nitrogens with zero attached hydrogens (tertiary/aromatic N) is 2. The van der Waals surface area contributed by atoms with Gasteiger partial charge in [-0.15, -0.1) is 0 Å². The van der Waals surface area contributed by atoms with Gasteiger partial charge in [0.1, 0.15) is 5.75 Å². The first-order chi connectivity index (χ1) is 9.28. The highest BCUT2D eigenvalue weighted by Crippen LogP contribution is 2.29. The molecule has 1 aliphatic carbocycles. The molecule has 0 saturated carbocycles. The third-order valence-electron chi connectivity index (χ3n) is 3.71. The molecule has 0 spiro atoms. The molecule has 4 heteroatoms. The molecule has 3 rings (SSSR count). The Hall–Kier alpha value is -2.10. The second-order valence-corrected chi connectivity index (χ2v) is 4.88. The number of hydrogen-bond acceptors (Lipinski definition) is 3. The number of aromatic nitrogens is 2. The smallest absolute Gasteiger partial charge is 0.168 e. The van der Waals surface area contributed by atoms with Crippen molar-refractivity contribution in [3.05, 3.63) is 48.0 Å². The second kappa shape index (κ2) is 4.88. The number of imidazole rings is 1. The van der Waals surface area contributed by atoms with Crippen molar-refractivity contribution in [1.82, 2.24) is 9.55 Å². The molecule has 1 unspecified atom stereocenters. The molecule has 0 radical (unpaired) electrons. The van der Waals surface area contributed by atoms with E-state index in [1.807, 2.05) is 29.0 Å². The van der Waals surface area contributed by atoms with Crippen molar-refractivity contribution in [2.75, 3.05) is 7.11 Å². The van der Waals surface area contributed by atoms with Gasteiger partial charge in [-0.1, -0.05) is 6.07 Å². The van der Waals surface area contributed by atoms with E-state index < -0.39 is 0 Å². The fourth-order valence-corrected chi connectivity index (χ4v) is 2.63. The summed E-state index contributed by atoms with van der Waals surface area (Å²) < 4.78 is 7.17. The number of carbonyl (C=O) groups is 1. The molecule has 1 aromatic heterocycles. The van der Waals surface area contributed by atoms with Crippen molar-refractivity contribution in [3.8, 4) is 5.75 Å². The van der Waals surface area contributed by atoms with E-state index in [-0.39, 0.29) is 11.7 Å². The van der Waals surface area contributed by atoms with Crippen LogP contribution in [0.3, 0.4) is 0 Å². The monoisotopic (exact) mass is 256 g/mol. The van der Waals surface area contributed by atoms with Crippen LogP contribution in [0.5, 0.6) is 5.75 Å². The third kappa shape index (κ3) is 2.26. The van der Waals surface area contributed by atoms with Gasteiger partial charge in [0.05, 0.1) is 13.4 Å². The van der Waals surface area contributed by atoms with Gasteiger partial charge in [0, 0.05) is 30.4 Å². The summed E-state index contributed by atoms with van der Waals surface area (Å²) in [5.74, 6) is 0.998. The largest absolute Gasteiger partial charge is 0.497 e. The first-order valence-corrected chi connectivity index (χ1v) is 6.45. The first kappa shape index (κ1) is 12.0. The number of methoxy groups -OCH3 is 1. The van der Waals surface area contributed by atoms with Crippen LogP contribution in [0.15, 0.2) is 36.9 Å². The number of carbonyl (C=O) groups excluding carboxylic acids is 1. The summed E-state index contributed by atoms with van der Waals surface area (Å²) in [6, 6.07) is 5.78. The molecule has 0 amide bonds. The number of benzene rings is 1. The second-order valence-electron chi connectivity index (χ2n) is 4.88. The lowest BCUT2D eigenvalue weighted by molar-refractivity contribution is 0.0887. The van der Waals surface area contributed by atoms with Gasteiger partial charge in [0.25, 0.3) is 0 Å². The van der Waals surface area contributed by atoms with E-state index in [4.69, 9.17) is 4.74 Å². The van der Waals surface area contributed by atoms with Crippen molar-refractivity contribution in [2.45, 2.75) is 19.4 Å². The average molecular weight is 256 g/mol. The van der Waals surface area contributed by atoms with Crippen molar-refractivity contribution in [2.24, 2.45) is 5.92 Å². The number of ketones is 1. The van der Waals surface area contributed by atoms with Gasteiger partial charge in [-0.05, 0) is 30.5 Å². The highest BCUT2D eigenvalue weighted by molar-refractivity contribution is 6.00. The van der Waals surface area contributed by atoms with Crippen LogP contribution in [-0.4, -0.2) is 22.4 Å². The Bertz CT molecular complexity index is 590. The number of rotatable bonds is 3. The Morgan fingerprint density at radius 2 is 2.37 bits per heavy atom. The van der Waals surface area contributed by atoms with Crippen LogP contribution in [0.2, 0.25) is 0 Å². The average Bonchev–Trinajstić information content (AvgIpc) is 2.95. The lowest BCUT2D eigenvalue weighted by atomic mass is 9.82. The fourth-order valence-electron chi connectivity index (χ4n) is 2.63. The quantitative estimate of drug-likeness (QED) is 0.846. The molecule has 2 aromatic rings. The van der Waals surface area contributed by atoms with Crippen molar-refractivity contribution in [3.63, 3.8) is 0 Å². The normalized spacial score (nSPS) is 18.2. The maximum Gasteiger partial charge on any atom is 0.168 e.